The first-order valence-corrected chi connectivity index (χ1v) is 12.6. The fourth-order valence-corrected chi connectivity index (χ4v) is 5.72. The van der Waals surface area contributed by atoms with E-state index in [0.717, 1.165) is 11.1 Å². The van der Waals surface area contributed by atoms with Gasteiger partial charge >= 0.3 is 5.97 Å². The van der Waals surface area contributed by atoms with E-state index in [1.165, 1.54) is 15.9 Å². The van der Waals surface area contributed by atoms with E-state index in [1.54, 1.807) is 64.5 Å². The monoisotopic (exact) mass is 576 g/mol. The van der Waals surface area contributed by atoms with E-state index in [1.807, 2.05) is 6.07 Å². The van der Waals surface area contributed by atoms with Crippen LogP contribution in [0.2, 0.25) is 5.02 Å². The number of esters is 1. The summed E-state index contributed by atoms with van der Waals surface area (Å²) in [6, 6.07) is 9.99. The zero-order chi connectivity index (χ0) is 25.3. The van der Waals surface area contributed by atoms with Gasteiger partial charge in [0.05, 0.1) is 47.1 Å². The number of ether oxygens (including phenoxy) is 3. The Bertz CT molecular complexity index is 1510. The number of hydrogen-bond acceptors (Lipinski definition) is 7. The summed E-state index contributed by atoms with van der Waals surface area (Å²) in [6.07, 6.45) is 1.76. The molecule has 1 aromatic heterocycles. The molecule has 182 valence electrons. The number of halogens is 2. The Balaban J connectivity index is 1.94. The Labute approximate surface area is 219 Å². The highest BCUT2D eigenvalue weighted by Crippen LogP contribution is 2.36. The van der Waals surface area contributed by atoms with E-state index in [4.69, 9.17) is 25.8 Å². The zero-order valence-electron chi connectivity index (χ0n) is 19.4. The van der Waals surface area contributed by atoms with E-state index in [0.29, 0.717) is 41.6 Å². The maximum Gasteiger partial charge on any atom is 0.338 e. The lowest BCUT2D eigenvalue weighted by atomic mass is 9.96. The molecule has 1 atom stereocenters. The predicted octanol–water partition coefficient (Wildman–Crippen LogP) is 4.23. The number of carbonyl (C=O) groups is 1. The molecule has 35 heavy (non-hydrogen) atoms. The van der Waals surface area contributed by atoms with Crippen LogP contribution in [0.1, 0.15) is 31.0 Å². The molecule has 0 bridgehead atoms. The summed E-state index contributed by atoms with van der Waals surface area (Å²) in [5.74, 6) is 0.579. The van der Waals surface area contributed by atoms with Crippen LogP contribution < -0.4 is 24.4 Å². The molecule has 2 aromatic carbocycles. The third kappa shape index (κ3) is 4.80. The molecule has 10 heteroatoms. The number of aromatic nitrogens is 1. The highest BCUT2D eigenvalue weighted by molar-refractivity contribution is 9.10. The Kier molecular flexibility index (Phi) is 7.49. The third-order valence-corrected chi connectivity index (χ3v) is 7.28. The number of benzene rings is 2. The minimum Gasteiger partial charge on any atom is -0.493 e. The Morgan fingerprint density at radius 2 is 1.94 bits per heavy atom. The van der Waals surface area contributed by atoms with Crippen molar-refractivity contribution in [1.82, 2.24) is 4.57 Å². The molecule has 0 N–H and O–H groups in total. The molecule has 0 saturated carbocycles. The smallest absolute Gasteiger partial charge is 0.338 e. The number of thiazole rings is 1. The molecule has 1 aliphatic rings. The molecule has 0 radical (unpaired) electrons. The maximum absolute atomic E-state index is 13.7. The molecule has 0 amide bonds. The van der Waals surface area contributed by atoms with Crippen LogP contribution in [0.5, 0.6) is 11.5 Å². The topological polar surface area (TPSA) is 79.1 Å². The molecule has 0 spiro atoms. The number of fused-ring (bicyclic) bond motifs is 1. The number of methoxy groups -OCH3 is 2. The highest BCUT2D eigenvalue weighted by atomic mass is 79.9. The lowest BCUT2D eigenvalue weighted by Gasteiger charge is -2.24. The van der Waals surface area contributed by atoms with Gasteiger partial charge in [0.1, 0.15) is 0 Å². The zero-order valence-corrected chi connectivity index (χ0v) is 22.6. The molecule has 1 aliphatic heterocycles. The van der Waals surface area contributed by atoms with Crippen LogP contribution in [0.4, 0.5) is 0 Å². The minimum atomic E-state index is -0.693. The lowest BCUT2D eigenvalue weighted by Crippen LogP contribution is -2.39. The lowest BCUT2D eigenvalue weighted by molar-refractivity contribution is -0.139. The van der Waals surface area contributed by atoms with Crippen molar-refractivity contribution >= 4 is 50.9 Å². The van der Waals surface area contributed by atoms with Gasteiger partial charge in [-0.15, -0.1) is 0 Å². The van der Waals surface area contributed by atoms with Gasteiger partial charge in [0.25, 0.3) is 5.56 Å². The molecule has 0 saturated heterocycles. The van der Waals surface area contributed by atoms with E-state index in [2.05, 4.69) is 20.9 Å². The first-order valence-electron chi connectivity index (χ1n) is 10.7. The summed E-state index contributed by atoms with van der Waals surface area (Å²) in [5, 5.41) is 0.554. The molecule has 1 unspecified atom stereocenters. The first kappa shape index (κ1) is 25.2. The molecule has 3 aromatic rings. The van der Waals surface area contributed by atoms with Crippen molar-refractivity contribution in [2.75, 3.05) is 20.8 Å². The van der Waals surface area contributed by atoms with Crippen molar-refractivity contribution in [1.29, 1.82) is 0 Å². The van der Waals surface area contributed by atoms with Crippen LogP contribution in [0, 0.1) is 0 Å². The number of rotatable bonds is 6. The van der Waals surface area contributed by atoms with Gasteiger partial charge in [-0.3, -0.25) is 9.36 Å². The second-order valence-electron chi connectivity index (χ2n) is 7.59. The maximum atomic E-state index is 13.7. The number of allylic oxidation sites excluding steroid dienone is 1. The highest BCUT2D eigenvalue weighted by Gasteiger charge is 2.33. The standard InChI is InChI=1S/C25H22BrClN2O5S/c1-5-34-24(31)20-13(2)28-25-29(21(20)15-6-8-16(27)9-7-15)23(30)19(35-25)12-14-10-17(26)22(33-4)18(11-14)32-3/h6-12,21H,5H2,1-4H3/b19-12-. The minimum absolute atomic E-state index is 0.210. The van der Waals surface area contributed by atoms with Crippen molar-refractivity contribution in [3.05, 3.63) is 88.0 Å². The van der Waals surface area contributed by atoms with Gasteiger partial charge in [0.2, 0.25) is 0 Å². The van der Waals surface area contributed by atoms with Crippen LogP contribution >= 0.6 is 38.9 Å². The Morgan fingerprint density at radius 1 is 1.23 bits per heavy atom. The predicted molar refractivity (Wildman–Crippen MR) is 139 cm³/mol. The van der Waals surface area contributed by atoms with E-state index >= 15 is 0 Å². The molecular formula is C25H22BrClN2O5S. The van der Waals surface area contributed by atoms with Crippen LogP contribution in [0.25, 0.3) is 6.08 Å². The van der Waals surface area contributed by atoms with Crippen LogP contribution in [0.15, 0.2) is 61.9 Å². The first-order chi connectivity index (χ1) is 16.8. The van der Waals surface area contributed by atoms with E-state index in [9.17, 15) is 9.59 Å². The second-order valence-corrected chi connectivity index (χ2v) is 9.89. The van der Waals surface area contributed by atoms with Gasteiger partial charge in [-0.25, -0.2) is 9.79 Å². The van der Waals surface area contributed by atoms with Crippen LogP contribution in [0.3, 0.4) is 0 Å². The normalized spacial score (nSPS) is 15.5. The van der Waals surface area contributed by atoms with Crippen LogP contribution in [-0.4, -0.2) is 31.4 Å². The van der Waals surface area contributed by atoms with Gasteiger partial charge in [0.15, 0.2) is 16.3 Å². The van der Waals surface area contributed by atoms with Gasteiger partial charge in [-0.2, -0.15) is 0 Å². The van der Waals surface area contributed by atoms with Gasteiger partial charge in [-0.1, -0.05) is 35.1 Å². The molecule has 0 fully saturated rings. The number of hydrogen-bond donors (Lipinski definition) is 0. The summed E-state index contributed by atoms with van der Waals surface area (Å²) in [6.45, 7) is 3.70. The molecular weight excluding hydrogens is 556 g/mol. The SMILES string of the molecule is CCOC(=O)C1=C(C)N=c2s/c(=C\c3cc(Br)c(OC)c(OC)c3)c(=O)n2C1c1ccc(Cl)cc1. The average molecular weight is 578 g/mol. The largest absolute Gasteiger partial charge is 0.493 e. The quantitative estimate of drug-likeness (QED) is 0.410. The van der Waals surface area contributed by atoms with Crippen LogP contribution in [-0.2, 0) is 9.53 Å². The van der Waals surface area contributed by atoms with Gasteiger partial charge in [-0.05, 0) is 71.2 Å². The summed E-state index contributed by atoms with van der Waals surface area (Å²) < 4.78 is 18.8. The van der Waals surface area contributed by atoms with Gasteiger partial charge < -0.3 is 14.2 Å². The molecule has 4 rings (SSSR count). The van der Waals surface area contributed by atoms with Crippen molar-refractivity contribution in [2.45, 2.75) is 19.9 Å². The molecule has 7 nitrogen and oxygen atoms in total. The van der Waals surface area contributed by atoms with Crippen molar-refractivity contribution in [3.8, 4) is 11.5 Å². The Hall–Kier alpha value is -2.88. The number of nitrogens with zero attached hydrogens (tertiary/aromatic N) is 2. The summed E-state index contributed by atoms with van der Waals surface area (Å²) in [7, 11) is 3.11. The number of carbonyl (C=O) groups excluding carboxylic acids is 1. The summed E-state index contributed by atoms with van der Waals surface area (Å²) in [4.78, 5) is 31.7. The van der Waals surface area contributed by atoms with E-state index in [-0.39, 0.29) is 12.2 Å². The van der Waals surface area contributed by atoms with Crippen molar-refractivity contribution in [3.63, 3.8) is 0 Å². The fraction of sp³-hybridized carbons (Fsp3) is 0.240. The molecule has 2 heterocycles. The van der Waals surface area contributed by atoms with Crippen molar-refractivity contribution in [2.24, 2.45) is 4.99 Å². The molecule has 0 aliphatic carbocycles. The summed E-state index contributed by atoms with van der Waals surface area (Å²) >= 11 is 10.8. The Morgan fingerprint density at radius 3 is 2.57 bits per heavy atom. The van der Waals surface area contributed by atoms with E-state index < -0.39 is 12.0 Å². The fourth-order valence-electron chi connectivity index (χ4n) is 3.92. The van der Waals surface area contributed by atoms with Gasteiger partial charge in [0, 0.05) is 5.02 Å². The summed E-state index contributed by atoms with van der Waals surface area (Å²) in [5.41, 5.74) is 2.03. The average Bonchev–Trinajstić information content (AvgIpc) is 3.12. The van der Waals surface area contributed by atoms with Crippen molar-refractivity contribution < 1.29 is 19.0 Å². The second kappa shape index (κ2) is 10.4. The third-order valence-electron chi connectivity index (χ3n) is 5.46.